The molecule has 1 aliphatic heterocycles. The summed E-state index contributed by atoms with van der Waals surface area (Å²) < 4.78 is 6.53. The van der Waals surface area contributed by atoms with Crippen molar-refractivity contribution < 1.29 is 19.4 Å². The fourth-order valence-corrected chi connectivity index (χ4v) is 12.6. The normalized spacial score (nSPS) is 45.9. The molecule has 1 N–H and O–H groups in total. The van der Waals surface area contributed by atoms with Crippen LogP contribution >= 0.6 is 11.3 Å². The molecule has 5 fully saturated rings. The van der Waals surface area contributed by atoms with E-state index in [2.05, 4.69) is 49.6 Å². The number of fused-ring (bicyclic) bond motifs is 2. The summed E-state index contributed by atoms with van der Waals surface area (Å²) in [5, 5.41) is 13.0. The number of hydrogen-bond acceptors (Lipinski definition) is 5. The van der Waals surface area contributed by atoms with Crippen LogP contribution in [0.1, 0.15) is 95.8 Å². The van der Waals surface area contributed by atoms with Crippen molar-refractivity contribution in [1.82, 2.24) is 4.90 Å². The molecule has 1 aromatic rings. The third-order valence-electron chi connectivity index (χ3n) is 14.1. The Hall–Kier alpha value is -1.92. The van der Waals surface area contributed by atoms with Crippen LogP contribution in [-0.4, -0.2) is 46.7 Å². The third-order valence-corrected chi connectivity index (χ3v) is 15.1. The molecule has 1 saturated heterocycles. The van der Waals surface area contributed by atoms with E-state index in [0.29, 0.717) is 24.8 Å². The molecule has 1 aromatic heterocycles. The van der Waals surface area contributed by atoms with Gasteiger partial charge in [0.1, 0.15) is 5.60 Å². The second-order valence-corrected chi connectivity index (χ2v) is 16.6. The summed E-state index contributed by atoms with van der Waals surface area (Å²) in [5.74, 6) is 1.18. The first-order valence-electron chi connectivity index (χ1n) is 16.8. The molecule has 226 valence electrons. The molecule has 2 bridgehead atoms. The van der Waals surface area contributed by atoms with Gasteiger partial charge in [-0.2, -0.15) is 0 Å². The molecule has 8 aliphatic rings. The van der Waals surface area contributed by atoms with E-state index in [4.69, 9.17) is 4.74 Å². The van der Waals surface area contributed by atoms with Crippen molar-refractivity contribution in [2.24, 2.45) is 39.4 Å². The molecule has 5 nitrogen and oxygen atoms in total. The van der Waals surface area contributed by atoms with Crippen molar-refractivity contribution in [3.05, 3.63) is 46.2 Å². The molecule has 2 heterocycles. The zero-order valence-corrected chi connectivity index (χ0v) is 26.2. The quantitative estimate of drug-likeness (QED) is 0.362. The average Bonchev–Trinajstić information content (AvgIpc) is 3.70. The van der Waals surface area contributed by atoms with Crippen LogP contribution in [0.4, 0.5) is 4.79 Å². The maximum atomic E-state index is 14.7. The van der Waals surface area contributed by atoms with Crippen molar-refractivity contribution in [2.45, 2.75) is 109 Å². The lowest BCUT2D eigenvalue weighted by molar-refractivity contribution is -0.169. The average molecular weight is 590 g/mol. The first-order valence-corrected chi connectivity index (χ1v) is 17.7. The Labute approximate surface area is 254 Å². The molecule has 8 atom stereocenters. The number of ketones is 1. The lowest BCUT2D eigenvalue weighted by Crippen LogP contribution is -2.67. The van der Waals surface area contributed by atoms with Crippen molar-refractivity contribution in [3.63, 3.8) is 0 Å². The van der Waals surface area contributed by atoms with Crippen molar-refractivity contribution in [2.75, 3.05) is 13.1 Å². The van der Waals surface area contributed by atoms with E-state index in [9.17, 15) is 14.7 Å². The van der Waals surface area contributed by atoms with Gasteiger partial charge in [0.25, 0.3) is 0 Å². The summed E-state index contributed by atoms with van der Waals surface area (Å²) >= 11 is 1.75. The zero-order valence-electron chi connectivity index (χ0n) is 25.4. The summed E-state index contributed by atoms with van der Waals surface area (Å²) in [4.78, 5) is 31.4. The highest BCUT2D eigenvalue weighted by molar-refractivity contribution is 7.09. The van der Waals surface area contributed by atoms with E-state index in [0.717, 1.165) is 82.6 Å². The van der Waals surface area contributed by atoms with E-state index in [1.165, 1.54) is 11.3 Å². The zero-order chi connectivity index (χ0) is 29.0. The minimum absolute atomic E-state index is 0.0352. The predicted octanol–water partition coefficient (Wildman–Crippen LogP) is 7.49. The number of aliphatic hydroxyl groups is 1. The van der Waals surface area contributed by atoms with Crippen LogP contribution in [0, 0.1) is 39.4 Å². The number of amides is 1. The third kappa shape index (κ3) is 3.46. The summed E-state index contributed by atoms with van der Waals surface area (Å²) in [6.07, 6.45) is 19.8. The minimum atomic E-state index is -0.494. The Bertz CT molecular complexity index is 1350. The van der Waals surface area contributed by atoms with Crippen LogP contribution in [0.25, 0.3) is 0 Å². The first-order chi connectivity index (χ1) is 20.2. The van der Waals surface area contributed by atoms with E-state index < -0.39 is 5.60 Å². The minimum Gasteiger partial charge on any atom is -0.440 e. The number of Topliss-reactive ketones (excluding diaryl/α,β-unsaturated/α-hetero) is 1. The topological polar surface area (TPSA) is 66.8 Å². The van der Waals surface area contributed by atoms with Crippen molar-refractivity contribution in [3.8, 4) is 0 Å². The number of nitrogens with zero attached hydrogens (tertiary/aromatic N) is 1. The molecule has 1 amide bonds. The fraction of sp³-hybridized carbons (Fsp3) is 0.722. The number of carbonyl (C=O) groups is 2. The van der Waals surface area contributed by atoms with Gasteiger partial charge in [0, 0.05) is 39.2 Å². The van der Waals surface area contributed by atoms with Crippen LogP contribution in [-0.2, 0) is 16.0 Å². The maximum Gasteiger partial charge on any atom is 0.410 e. The number of rotatable bonds is 5. The summed E-state index contributed by atoms with van der Waals surface area (Å²) in [5.41, 5.74) is -0.102. The highest BCUT2D eigenvalue weighted by atomic mass is 32.1. The smallest absolute Gasteiger partial charge is 0.410 e. The molecular weight excluding hydrogens is 542 g/mol. The number of allylic oxidation sites excluding steroid dienone is 4. The second kappa shape index (κ2) is 9.30. The van der Waals surface area contributed by atoms with Gasteiger partial charge in [-0.1, -0.05) is 57.4 Å². The van der Waals surface area contributed by atoms with Gasteiger partial charge in [-0.15, -0.1) is 11.3 Å². The van der Waals surface area contributed by atoms with E-state index in [-0.39, 0.29) is 45.7 Å². The first kappa shape index (κ1) is 27.6. The highest BCUT2D eigenvalue weighted by Crippen LogP contribution is 2.79. The predicted molar refractivity (Wildman–Crippen MR) is 164 cm³/mol. The number of hydrogen-bond donors (Lipinski definition) is 1. The Morgan fingerprint density at radius 3 is 2.57 bits per heavy atom. The highest BCUT2D eigenvalue weighted by Gasteiger charge is 2.76. The lowest BCUT2D eigenvalue weighted by atomic mass is 9.32. The van der Waals surface area contributed by atoms with Crippen LogP contribution in [0.3, 0.4) is 0 Å². The van der Waals surface area contributed by atoms with E-state index in [1.54, 1.807) is 11.3 Å². The summed E-state index contributed by atoms with van der Waals surface area (Å²) in [6.45, 7) is 6.25. The molecule has 0 aromatic carbocycles. The molecule has 0 radical (unpaired) electrons. The molecule has 9 rings (SSSR count). The fourth-order valence-electron chi connectivity index (χ4n) is 11.9. The number of aliphatic hydroxyl groups excluding tert-OH is 1. The number of carbonyl (C=O) groups excluding carboxylic acids is 2. The molecule has 42 heavy (non-hydrogen) atoms. The second-order valence-electron chi connectivity index (χ2n) is 15.6. The molecule has 6 heteroatoms. The maximum absolute atomic E-state index is 14.7. The van der Waals surface area contributed by atoms with Crippen molar-refractivity contribution in [1.29, 1.82) is 0 Å². The SMILES string of the molecule is C[C@]12CC[C@H]3[C@@]4(C=C[C@@]5(C=C4C(=O)C4CCCCC4)C[C@@H](O)CC[C@]35C)[C@@H]1CC[C@@]21CN(CCc2cccs2)C(=O)O1. The number of ether oxygens (including phenoxy) is 1. The Morgan fingerprint density at radius 2 is 1.79 bits per heavy atom. The van der Waals surface area contributed by atoms with Crippen molar-refractivity contribution >= 4 is 23.2 Å². The monoisotopic (exact) mass is 589 g/mol. The summed E-state index contributed by atoms with van der Waals surface area (Å²) in [6, 6.07) is 4.23. The lowest BCUT2D eigenvalue weighted by Gasteiger charge is -2.71. The van der Waals surface area contributed by atoms with Gasteiger partial charge in [0.2, 0.25) is 0 Å². The molecule has 4 saturated carbocycles. The molecule has 7 aliphatic carbocycles. The van der Waals surface area contributed by atoms with Gasteiger partial charge >= 0.3 is 6.09 Å². The van der Waals surface area contributed by atoms with Crippen LogP contribution in [0.5, 0.6) is 0 Å². The van der Waals surface area contributed by atoms with Gasteiger partial charge < -0.3 is 14.7 Å². The molecule has 0 unspecified atom stereocenters. The number of thiophene rings is 1. The van der Waals surface area contributed by atoms with Crippen LogP contribution < -0.4 is 0 Å². The van der Waals surface area contributed by atoms with Gasteiger partial charge in [0.15, 0.2) is 5.78 Å². The molecular formula is C36H47NO4S. The van der Waals surface area contributed by atoms with Crippen LogP contribution in [0.15, 0.2) is 41.3 Å². The van der Waals surface area contributed by atoms with Gasteiger partial charge in [0.05, 0.1) is 12.6 Å². The van der Waals surface area contributed by atoms with Crippen LogP contribution in [0.2, 0.25) is 0 Å². The Kier molecular flexibility index (Phi) is 6.11. The van der Waals surface area contributed by atoms with Gasteiger partial charge in [-0.25, -0.2) is 4.79 Å². The molecule has 3 spiro atoms. The van der Waals surface area contributed by atoms with E-state index >= 15 is 0 Å². The van der Waals surface area contributed by atoms with Gasteiger partial charge in [-0.3, -0.25) is 4.79 Å². The summed E-state index contributed by atoms with van der Waals surface area (Å²) in [7, 11) is 0. The largest absolute Gasteiger partial charge is 0.440 e. The standard InChI is InChI=1S/C36H47NO4S/c1-32-14-10-25(38)21-34(32)17-18-36(27(22-34)30(39)24-7-4-3-5-8-24)28(32)11-15-33(2)29(36)12-16-35(33)23-37(31(40)41-35)19-13-26-9-6-20-42-26/h6,9,17-18,20,22,24-25,28-29,38H,3-5,7-8,10-16,19,21,23H2,1-2H3/t25-,28+,29+,32+,33-,34-,35+,36-/m0/s1. The van der Waals surface area contributed by atoms with E-state index in [1.807, 2.05) is 4.90 Å². The Balaban J connectivity index is 1.19. The Morgan fingerprint density at radius 1 is 1.02 bits per heavy atom. The van der Waals surface area contributed by atoms with Gasteiger partial charge in [-0.05, 0) is 92.9 Å².